The van der Waals surface area contributed by atoms with Crippen molar-refractivity contribution in [2.75, 3.05) is 56.4 Å². The van der Waals surface area contributed by atoms with Crippen LogP contribution in [0.2, 0.25) is 0 Å². The summed E-state index contributed by atoms with van der Waals surface area (Å²) in [5.41, 5.74) is 7.23. The predicted molar refractivity (Wildman–Crippen MR) is 150 cm³/mol. The number of piperazine rings is 1. The number of nitrogens with two attached hydrogens (primary N) is 1. The first kappa shape index (κ1) is 26.7. The molecule has 12 nitrogen and oxygen atoms in total. The van der Waals surface area contributed by atoms with Crippen molar-refractivity contribution in [1.29, 1.82) is 0 Å². The van der Waals surface area contributed by atoms with E-state index in [1.165, 1.54) is 16.8 Å². The Labute approximate surface area is 240 Å². The number of alkyl halides is 1. The van der Waals surface area contributed by atoms with E-state index in [1.54, 1.807) is 16.7 Å². The van der Waals surface area contributed by atoms with Crippen LogP contribution in [0.4, 0.5) is 24.8 Å². The van der Waals surface area contributed by atoms with Gasteiger partial charge in [-0.3, -0.25) is 14.3 Å². The van der Waals surface area contributed by atoms with Crippen LogP contribution < -0.4 is 25.6 Å². The number of aromatic nitrogens is 5. The van der Waals surface area contributed by atoms with Gasteiger partial charge in [0.25, 0.3) is 0 Å². The second-order valence-electron chi connectivity index (χ2n) is 10.2. The number of nitrogen functional groups attached to an aromatic ring is 1. The second kappa shape index (κ2) is 10.6. The van der Waals surface area contributed by atoms with E-state index in [-0.39, 0.29) is 35.3 Å². The van der Waals surface area contributed by atoms with Crippen molar-refractivity contribution in [3.63, 3.8) is 0 Å². The van der Waals surface area contributed by atoms with Crippen molar-refractivity contribution >= 4 is 39.0 Å². The van der Waals surface area contributed by atoms with Gasteiger partial charge in [0.15, 0.2) is 34.8 Å². The fourth-order valence-corrected chi connectivity index (χ4v) is 6.28. The lowest BCUT2D eigenvalue weighted by Gasteiger charge is -2.36. The number of hydrogen-bond donors (Lipinski definition) is 2. The van der Waals surface area contributed by atoms with E-state index >= 15 is 0 Å². The third kappa shape index (κ3) is 4.74. The number of hydrogen-bond acceptors (Lipinski definition) is 11. The molecule has 2 saturated heterocycles. The highest BCUT2D eigenvalue weighted by molar-refractivity contribution is 7.17. The van der Waals surface area contributed by atoms with Crippen LogP contribution in [0.5, 0.6) is 5.75 Å². The van der Waals surface area contributed by atoms with Gasteiger partial charge in [0.2, 0.25) is 11.8 Å². The highest BCUT2D eigenvalue weighted by Gasteiger charge is 2.30. The van der Waals surface area contributed by atoms with Gasteiger partial charge in [-0.15, -0.1) is 5.10 Å². The Hall–Kier alpha value is -4.15. The normalized spacial score (nSPS) is 19.8. The first-order valence-electron chi connectivity index (χ1n) is 13.4. The van der Waals surface area contributed by atoms with E-state index in [4.69, 9.17) is 14.9 Å². The molecule has 2 aliphatic rings. The summed E-state index contributed by atoms with van der Waals surface area (Å²) in [6.07, 6.45) is -0.566. The summed E-state index contributed by atoms with van der Waals surface area (Å²) in [7, 11) is 0. The molecule has 0 amide bonds. The summed E-state index contributed by atoms with van der Waals surface area (Å²) in [5.74, 6) is -0.829. The van der Waals surface area contributed by atoms with Gasteiger partial charge in [-0.05, 0) is 12.1 Å². The summed E-state index contributed by atoms with van der Waals surface area (Å²) >= 11 is 1.02. The number of nitrogens with one attached hydrogen (secondary N) is 1. The Morgan fingerprint density at radius 3 is 2.67 bits per heavy atom. The topological polar surface area (TPSA) is 132 Å². The van der Waals surface area contributed by atoms with E-state index in [0.29, 0.717) is 66.8 Å². The molecule has 0 bridgehead atoms. The van der Waals surface area contributed by atoms with Crippen LogP contribution in [0.3, 0.4) is 0 Å². The first-order valence-corrected chi connectivity index (χ1v) is 14.2. The SMILES string of the molecule is Nc1nc2c(sc(=O)n2CCN2CCN(c3cc(O[C@H]4CNC[C@H]4F)c(F)cc3F)CC2)c2nc(-c3ccco3)nn12. The van der Waals surface area contributed by atoms with Crippen LogP contribution in [0, 0.1) is 11.6 Å². The van der Waals surface area contributed by atoms with E-state index in [9.17, 15) is 18.0 Å². The molecule has 0 spiro atoms. The summed E-state index contributed by atoms with van der Waals surface area (Å²) in [6.45, 7) is 3.41. The first-order chi connectivity index (χ1) is 20.4. The van der Waals surface area contributed by atoms with Crippen LogP contribution in [0.15, 0.2) is 39.7 Å². The monoisotopic (exact) mass is 601 g/mol. The lowest BCUT2D eigenvalue weighted by molar-refractivity contribution is 0.134. The van der Waals surface area contributed by atoms with Crippen LogP contribution >= 0.6 is 11.3 Å². The second-order valence-corrected chi connectivity index (χ2v) is 11.1. The number of benzene rings is 1. The number of nitrogens with zero attached hydrogens (tertiary/aromatic N) is 7. The van der Waals surface area contributed by atoms with E-state index in [2.05, 4.69) is 25.3 Å². The molecule has 220 valence electrons. The van der Waals surface area contributed by atoms with Crippen molar-refractivity contribution in [3.05, 3.63) is 51.8 Å². The van der Waals surface area contributed by atoms with Gasteiger partial charge in [0.05, 0.1) is 12.0 Å². The number of rotatable bonds is 7. The Morgan fingerprint density at radius 1 is 1.10 bits per heavy atom. The van der Waals surface area contributed by atoms with E-state index < -0.39 is 23.9 Å². The van der Waals surface area contributed by atoms with Gasteiger partial charge >= 0.3 is 4.87 Å². The average Bonchev–Trinajstić information content (AvgIpc) is 3.77. The summed E-state index contributed by atoms with van der Waals surface area (Å²) in [6, 6.07) is 5.55. The van der Waals surface area contributed by atoms with Crippen LogP contribution in [0.1, 0.15) is 0 Å². The number of fused-ring (bicyclic) bond motifs is 3. The largest absolute Gasteiger partial charge is 0.483 e. The minimum atomic E-state index is -1.26. The molecular formula is C26H26F3N9O3S. The van der Waals surface area contributed by atoms with Gasteiger partial charge in [-0.1, -0.05) is 11.3 Å². The van der Waals surface area contributed by atoms with Crippen molar-refractivity contribution in [2.45, 2.75) is 18.8 Å². The average molecular weight is 602 g/mol. The summed E-state index contributed by atoms with van der Waals surface area (Å²) in [5, 5.41) is 7.23. The summed E-state index contributed by atoms with van der Waals surface area (Å²) in [4.78, 5) is 25.7. The third-order valence-corrected chi connectivity index (χ3v) is 8.54. The fourth-order valence-electron chi connectivity index (χ4n) is 5.34. The molecule has 16 heteroatoms. The van der Waals surface area contributed by atoms with Gasteiger partial charge in [0.1, 0.15) is 16.6 Å². The van der Waals surface area contributed by atoms with E-state index in [1.807, 2.05) is 4.90 Å². The van der Waals surface area contributed by atoms with E-state index in [0.717, 1.165) is 17.4 Å². The molecule has 0 aliphatic carbocycles. The molecular weight excluding hydrogens is 575 g/mol. The highest BCUT2D eigenvalue weighted by Crippen LogP contribution is 2.31. The van der Waals surface area contributed by atoms with Gasteiger partial charge < -0.3 is 25.1 Å². The Morgan fingerprint density at radius 2 is 1.93 bits per heavy atom. The zero-order chi connectivity index (χ0) is 29.0. The minimum Gasteiger partial charge on any atom is -0.483 e. The molecule has 0 unspecified atom stereocenters. The molecule has 7 rings (SSSR count). The maximum atomic E-state index is 14.7. The third-order valence-electron chi connectivity index (χ3n) is 7.58. The maximum Gasteiger partial charge on any atom is 0.309 e. The fraction of sp³-hybridized carbons (Fsp3) is 0.385. The maximum absolute atomic E-state index is 14.7. The number of ether oxygens (including phenoxy) is 1. The van der Waals surface area contributed by atoms with Gasteiger partial charge in [0, 0.05) is 64.5 Å². The quantitative estimate of drug-likeness (QED) is 0.286. The Kier molecular flexibility index (Phi) is 6.74. The van der Waals surface area contributed by atoms with Crippen molar-refractivity contribution in [2.24, 2.45) is 0 Å². The molecule has 6 heterocycles. The zero-order valence-corrected chi connectivity index (χ0v) is 23.0. The molecule has 5 aromatic rings. The molecule has 2 atom stereocenters. The smallest absolute Gasteiger partial charge is 0.309 e. The molecule has 4 aromatic heterocycles. The molecule has 2 aliphatic heterocycles. The minimum absolute atomic E-state index is 0.0962. The van der Waals surface area contributed by atoms with Crippen molar-refractivity contribution in [1.82, 2.24) is 34.4 Å². The number of furan rings is 1. The Balaban J connectivity index is 1.04. The lowest BCUT2D eigenvalue weighted by Crippen LogP contribution is -2.47. The van der Waals surface area contributed by atoms with Crippen LogP contribution in [-0.4, -0.2) is 87.1 Å². The van der Waals surface area contributed by atoms with Gasteiger partial charge in [-0.25, -0.2) is 18.2 Å². The van der Waals surface area contributed by atoms with Crippen molar-refractivity contribution < 1.29 is 22.3 Å². The van der Waals surface area contributed by atoms with Gasteiger partial charge in [-0.2, -0.15) is 9.50 Å². The molecule has 3 N–H and O–H groups in total. The van der Waals surface area contributed by atoms with Crippen LogP contribution in [-0.2, 0) is 6.54 Å². The summed E-state index contributed by atoms with van der Waals surface area (Å²) < 4.78 is 57.6. The molecule has 0 saturated carbocycles. The predicted octanol–water partition coefficient (Wildman–Crippen LogP) is 2.13. The Bertz CT molecular complexity index is 1810. The number of thiazole rings is 1. The highest BCUT2D eigenvalue weighted by atomic mass is 32.1. The van der Waals surface area contributed by atoms with Crippen molar-refractivity contribution in [3.8, 4) is 17.3 Å². The standard InChI is InChI=1S/C26H26F3N9O3S/c27-14-10-15(28)19(41-20-13-31-12-16(20)29)11-17(14)36-6-3-35(4-7-36)5-8-37-23-21(42-26(37)39)24-32-22(18-2-1-9-40-18)34-38(24)25(30)33-23/h1-2,9-11,16,20,31H,3-8,12-13H2,(H2,30,33)/t16-,20+/m1/s1. The molecule has 1 aromatic carbocycles. The molecule has 2 fully saturated rings. The number of halogens is 3. The zero-order valence-electron chi connectivity index (χ0n) is 22.2. The molecule has 0 radical (unpaired) electrons. The number of anilines is 2. The lowest BCUT2D eigenvalue weighted by atomic mass is 10.2. The molecule has 42 heavy (non-hydrogen) atoms. The van der Waals surface area contributed by atoms with Crippen LogP contribution in [0.25, 0.3) is 27.6 Å².